The maximum Gasteiger partial charge on any atom is 0.323 e. The molecule has 0 bridgehead atoms. The molecule has 0 aromatic heterocycles. The maximum atomic E-state index is 11.8. The van der Waals surface area contributed by atoms with Gasteiger partial charge in [-0.15, -0.1) is 0 Å². The van der Waals surface area contributed by atoms with Crippen molar-refractivity contribution in [2.45, 2.75) is 37.8 Å². The molecule has 0 spiro atoms. The van der Waals surface area contributed by atoms with Crippen molar-refractivity contribution in [3.05, 3.63) is 23.8 Å². The topological polar surface area (TPSA) is 102 Å². The molecular formula is C15H21NO5. The molecule has 2 rings (SSSR count). The number of aromatic hydroxyl groups is 2. The third-order valence-electron chi connectivity index (χ3n) is 3.48. The third kappa shape index (κ3) is 4.61. The van der Waals surface area contributed by atoms with Crippen molar-refractivity contribution < 1.29 is 24.5 Å². The molecule has 1 aliphatic rings. The van der Waals surface area contributed by atoms with Crippen molar-refractivity contribution in [1.29, 1.82) is 0 Å². The van der Waals surface area contributed by atoms with E-state index in [1.807, 2.05) is 0 Å². The largest absolute Gasteiger partial charge is 0.504 e. The average Bonchev–Trinajstić information content (AvgIpc) is 2.49. The Bertz CT molecular complexity index is 485. The number of phenolic OH excluding ortho intramolecular Hbond substituents is 2. The normalized spacial score (nSPS) is 20.0. The van der Waals surface area contributed by atoms with Gasteiger partial charge in [-0.05, 0) is 43.4 Å². The molecule has 21 heavy (non-hydrogen) atoms. The highest BCUT2D eigenvalue weighted by Gasteiger charge is 2.20. The first-order chi connectivity index (χ1) is 10.1. The SMILES string of the molecule is NC(Cc1ccc(O)c(O)c1)C(=O)OCC1CCCCO1. The smallest absolute Gasteiger partial charge is 0.323 e. The fraction of sp³-hybridized carbons (Fsp3) is 0.533. The minimum absolute atomic E-state index is 0.0346. The van der Waals surface area contributed by atoms with E-state index in [0.717, 1.165) is 19.3 Å². The summed E-state index contributed by atoms with van der Waals surface area (Å²) < 4.78 is 10.6. The Labute approximate surface area is 123 Å². The average molecular weight is 295 g/mol. The number of hydrogen-bond donors (Lipinski definition) is 3. The Morgan fingerprint density at radius 3 is 2.86 bits per heavy atom. The quantitative estimate of drug-likeness (QED) is 0.555. The van der Waals surface area contributed by atoms with Crippen molar-refractivity contribution in [3.8, 4) is 11.5 Å². The highest BCUT2D eigenvalue weighted by molar-refractivity contribution is 5.76. The molecule has 4 N–H and O–H groups in total. The Morgan fingerprint density at radius 2 is 2.19 bits per heavy atom. The highest BCUT2D eigenvalue weighted by Crippen LogP contribution is 2.25. The Kier molecular flexibility index (Phi) is 5.41. The van der Waals surface area contributed by atoms with E-state index in [-0.39, 0.29) is 30.6 Å². The molecular weight excluding hydrogens is 274 g/mol. The number of esters is 1. The predicted molar refractivity (Wildman–Crippen MR) is 76.0 cm³/mol. The fourth-order valence-electron chi connectivity index (χ4n) is 2.25. The minimum Gasteiger partial charge on any atom is -0.504 e. The van der Waals surface area contributed by atoms with Crippen LogP contribution < -0.4 is 5.73 Å². The molecule has 1 aromatic rings. The summed E-state index contributed by atoms with van der Waals surface area (Å²) in [5.74, 6) is -0.926. The van der Waals surface area contributed by atoms with Crippen LogP contribution in [0.4, 0.5) is 0 Å². The van der Waals surface area contributed by atoms with Gasteiger partial charge in [-0.2, -0.15) is 0 Å². The van der Waals surface area contributed by atoms with Crippen molar-refractivity contribution in [1.82, 2.24) is 0 Å². The van der Waals surface area contributed by atoms with Crippen LogP contribution in [0.2, 0.25) is 0 Å². The second kappa shape index (κ2) is 7.28. The molecule has 6 heteroatoms. The van der Waals surface area contributed by atoms with E-state index in [9.17, 15) is 15.0 Å². The zero-order valence-electron chi connectivity index (χ0n) is 11.8. The Hall–Kier alpha value is -1.79. The summed E-state index contributed by atoms with van der Waals surface area (Å²) in [4.78, 5) is 11.8. The summed E-state index contributed by atoms with van der Waals surface area (Å²) in [6.07, 6.45) is 3.23. The molecule has 0 radical (unpaired) electrons. The van der Waals surface area contributed by atoms with E-state index in [1.165, 1.54) is 12.1 Å². The van der Waals surface area contributed by atoms with Gasteiger partial charge >= 0.3 is 5.97 Å². The van der Waals surface area contributed by atoms with Gasteiger partial charge in [-0.25, -0.2) is 0 Å². The lowest BCUT2D eigenvalue weighted by atomic mass is 10.1. The summed E-state index contributed by atoms with van der Waals surface area (Å²) in [6, 6.07) is 3.54. The summed E-state index contributed by atoms with van der Waals surface area (Å²) in [6.45, 7) is 0.939. The summed E-state index contributed by atoms with van der Waals surface area (Å²) in [5.41, 5.74) is 6.45. The van der Waals surface area contributed by atoms with Crippen LogP contribution in [0.5, 0.6) is 11.5 Å². The number of hydrogen-bond acceptors (Lipinski definition) is 6. The number of rotatable bonds is 5. The summed E-state index contributed by atoms with van der Waals surface area (Å²) in [5, 5.41) is 18.6. The van der Waals surface area contributed by atoms with Crippen LogP contribution in [0.1, 0.15) is 24.8 Å². The molecule has 6 nitrogen and oxygen atoms in total. The van der Waals surface area contributed by atoms with E-state index >= 15 is 0 Å². The summed E-state index contributed by atoms with van der Waals surface area (Å²) in [7, 11) is 0. The van der Waals surface area contributed by atoms with Gasteiger partial charge in [0.2, 0.25) is 0 Å². The number of phenols is 2. The summed E-state index contributed by atoms with van der Waals surface area (Å²) >= 11 is 0. The van der Waals surface area contributed by atoms with Gasteiger partial charge in [0.05, 0.1) is 6.10 Å². The molecule has 0 saturated carbocycles. The van der Waals surface area contributed by atoms with E-state index in [4.69, 9.17) is 15.2 Å². The van der Waals surface area contributed by atoms with Gasteiger partial charge in [-0.1, -0.05) is 6.07 Å². The third-order valence-corrected chi connectivity index (χ3v) is 3.48. The molecule has 1 aliphatic heterocycles. The molecule has 116 valence electrons. The van der Waals surface area contributed by atoms with Crippen molar-refractivity contribution in [2.24, 2.45) is 5.73 Å². The standard InChI is InChI=1S/C15H21NO5/c16-12(7-10-4-5-13(17)14(18)8-10)15(19)21-9-11-3-1-2-6-20-11/h4-5,8,11-12,17-18H,1-3,6-7,9,16H2. The molecule has 0 amide bonds. The maximum absolute atomic E-state index is 11.8. The van der Waals surface area contributed by atoms with Crippen molar-refractivity contribution in [2.75, 3.05) is 13.2 Å². The van der Waals surface area contributed by atoms with Crippen LogP contribution in [0.3, 0.4) is 0 Å². The second-order valence-electron chi connectivity index (χ2n) is 5.25. The zero-order chi connectivity index (χ0) is 15.2. The number of benzene rings is 1. The molecule has 1 heterocycles. The number of ether oxygens (including phenoxy) is 2. The van der Waals surface area contributed by atoms with Gasteiger partial charge in [0.1, 0.15) is 12.6 Å². The monoisotopic (exact) mass is 295 g/mol. The molecule has 1 aromatic carbocycles. The highest BCUT2D eigenvalue weighted by atomic mass is 16.6. The van der Waals surface area contributed by atoms with Crippen LogP contribution in [0.25, 0.3) is 0 Å². The van der Waals surface area contributed by atoms with Crippen LogP contribution in [-0.4, -0.2) is 41.5 Å². The van der Waals surface area contributed by atoms with Crippen molar-refractivity contribution >= 4 is 5.97 Å². The van der Waals surface area contributed by atoms with Crippen LogP contribution in [0, 0.1) is 0 Å². The van der Waals surface area contributed by atoms with Gasteiger partial charge in [0.15, 0.2) is 11.5 Å². The fourth-order valence-corrected chi connectivity index (χ4v) is 2.25. The first-order valence-corrected chi connectivity index (χ1v) is 7.11. The number of nitrogens with two attached hydrogens (primary N) is 1. The van der Waals surface area contributed by atoms with Crippen LogP contribution in [-0.2, 0) is 20.7 Å². The minimum atomic E-state index is -0.808. The molecule has 2 atom stereocenters. The van der Waals surface area contributed by atoms with E-state index < -0.39 is 12.0 Å². The number of carbonyl (C=O) groups excluding carboxylic acids is 1. The number of carbonyl (C=O) groups is 1. The molecule has 2 unspecified atom stereocenters. The predicted octanol–water partition coefficient (Wildman–Crippen LogP) is 1.08. The first-order valence-electron chi connectivity index (χ1n) is 7.11. The Balaban J connectivity index is 1.79. The lowest BCUT2D eigenvalue weighted by molar-refractivity contribution is -0.150. The molecule has 0 aliphatic carbocycles. The molecule has 1 saturated heterocycles. The van der Waals surface area contributed by atoms with Crippen LogP contribution in [0.15, 0.2) is 18.2 Å². The van der Waals surface area contributed by atoms with E-state index in [1.54, 1.807) is 6.07 Å². The first kappa shape index (κ1) is 15.6. The van der Waals surface area contributed by atoms with Gasteiger partial charge in [0.25, 0.3) is 0 Å². The Morgan fingerprint density at radius 1 is 1.38 bits per heavy atom. The van der Waals surface area contributed by atoms with E-state index in [0.29, 0.717) is 12.2 Å². The van der Waals surface area contributed by atoms with Crippen LogP contribution >= 0.6 is 0 Å². The van der Waals surface area contributed by atoms with Gasteiger partial charge in [0, 0.05) is 6.61 Å². The lowest BCUT2D eigenvalue weighted by Crippen LogP contribution is -2.36. The van der Waals surface area contributed by atoms with Gasteiger partial charge in [-0.3, -0.25) is 4.79 Å². The second-order valence-corrected chi connectivity index (χ2v) is 5.25. The molecule has 1 fully saturated rings. The lowest BCUT2D eigenvalue weighted by Gasteiger charge is -2.22. The van der Waals surface area contributed by atoms with Gasteiger partial charge < -0.3 is 25.4 Å². The zero-order valence-corrected chi connectivity index (χ0v) is 11.8. The van der Waals surface area contributed by atoms with E-state index in [2.05, 4.69) is 0 Å². The van der Waals surface area contributed by atoms with Crippen molar-refractivity contribution in [3.63, 3.8) is 0 Å².